The van der Waals surface area contributed by atoms with Crippen LogP contribution in [0.3, 0.4) is 0 Å². The molecule has 1 saturated carbocycles. The van der Waals surface area contributed by atoms with Gasteiger partial charge in [-0.25, -0.2) is 4.79 Å². The molecule has 1 fully saturated rings. The summed E-state index contributed by atoms with van der Waals surface area (Å²) in [5, 5.41) is 9.57. The van der Waals surface area contributed by atoms with Crippen molar-refractivity contribution < 1.29 is 9.50 Å². The molecule has 0 radical (unpaired) electrons. The molecular weight excluding hydrogens is 227 g/mol. The Kier molecular flexibility index (Phi) is 3.31. The van der Waals surface area contributed by atoms with E-state index < -0.39 is 22.9 Å². The van der Waals surface area contributed by atoms with Crippen molar-refractivity contribution in [2.24, 2.45) is 0 Å². The van der Waals surface area contributed by atoms with Crippen LogP contribution < -0.4 is 11.2 Å². The number of aromatic nitrogens is 2. The Morgan fingerprint density at radius 3 is 2.35 bits per heavy atom. The average Bonchev–Trinajstić information content (AvgIpc) is 2.55. The highest BCUT2D eigenvalue weighted by Crippen LogP contribution is 2.28. The SMILES string of the molecule is O=c1[nH]c(=O)n(C2CCCCCC2)c(O)c1F. The summed E-state index contributed by atoms with van der Waals surface area (Å²) in [6.07, 6.45) is 5.49. The third kappa shape index (κ3) is 2.25. The highest BCUT2D eigenvalue weighted by Gasteiger charge is 2.21. The molecule has 1 heterocycles. The van der Waals surface area contributed by atoms with Gasteiger partial charge in [-0.05, 0) is 12.8 Å². The van der Waals surface area contributed by atoms with Crippen molar-refractivity contribution in [3.05, 3.63) is 26.7 Å². The number of aromatic amines is 1. The molecule has 0 aromatic carbocycles. The first kappa shape index (κ1) is 11.9. The second kappa shape index (κ2) is 4.73. The van der Waals surface area contributed by atoms with Crippen molar-refractivity contribution in [2.45, 2.75) is 44.6 Å². The minimum atomic E-state index is -1.28. The predicted molar refractivity (Wildman–Crippen MR) is 59.7 cm³/mol. The normalized spacial score (nSPS) is 17.9. The Hall–Kier alpha value is -1.59. The lowest BCUT2D eigenvalue weighted by atomic mass is 10.1. The summed E-state index contributed by atoms with van der Waals surface area (Å²) in [6.45, 7) is 0. The summed E-state index contributed by atoms with van der Waals surface area (Å²) in [7, 11) is 0. The van der Waals surface area contributed by atoms with E-state index in [9.17, 15) is 19.1 Å². The van der Waals surface area contributed by atoms with Crippen molar-refractivity contribution in [1.82, 2.24) is 9.55 Å². The average molecular weight is 242 g/mol. The highest BCUT2D eigenvalue weighted by molar-refractivity contribution is 5.11. The molecule has 17 heavy (non-hydrogen) atoms. The van der Waals surface area contributed by atoms with Crippen molar-refractivity contribution in [3.63, 3.8) is 0 Å². The fourth-order valence-electron chi connectivity index (χ4n) is 2.37. The van der Waals surface area contributed by atoms with Gasteiger partial charge in [0.15, 0.2) is 0 Å². The first-order chi connectivity index (χ1) is 8.11. The number of rotatable bonds is 1. The van der Waals surface area contributed by atoms with Crippen LogP contribution in [0.4, 0.5) is 4.39 Å². The molecule has 0 amide bonds. The number of nitrogens with zero attached hydrogens (tertiary/aromatic N) is 1. The van der Waals surface area contributed by atoms with E-state index >= 15 is 0 Å². The van der Waals surface area contributed by atoms with Gasteiger partial charge in [-0.2, -0.15) is 4.39 Å². The maximum atomic E-state index is 13.3. The van der Waals surface area contributed by atoms with Gasteiger partial charge < -0.3 is 5.11 Å². The summed E-state index contributed by atoms with van der Waals surface area (Å²) < 4.78 is 14.2. The van der Waals surface area contributed by atoms with Crippen LogP contribution in [0.15, 0.2) is 9.59 Å². The largest absolute Gasteiger partial charge is 0.492 e. The lowest BCUT2D eigenvalue weighted by molar-refractivity contribution is 0.314. The molecule has 94 valence electrons. The second-order valence-corrected chi connectivity index (χ2v) is 4.41. The van der Waals surface area contributed by atoms with Crippen LogP contribution in [0.1, 0.15) is 44.6 Å². The zero-order valence-corrected chi connectivity index (χ0v) is 9.41. The molecule has 1 aromatic heterocycles. The van der Waals surface area contributed by atoms with Gasteiger partial charge in [-0.1, -0.05) is 25.7 Å². The van der Waals surface area contributed by atoms with E-state index in [-0.39, 0.29) is 6.04 Å². The van der Waals surface area contributed by atoms with Gasteiger partial charge >= 0.3 is 5.69 Å². The first-order valence-electron chi connectivity index (χ1n) is 5.84. The van der Waals surface area contributed by atoms with Crippen LogP contribution in [0, 0.1) is 5.82 Å². The van der Waals surface area contributed by atoms with Crippen molar-refractivity contribution in [2.75, 3.05) is 0 Å². The smallest absolute Gasteiger partial charge is 0.331 e. The van der Waals surface area contributed by atoms with Gasteiger partial charge in [-0.15, -0.1) is 0 Å². The standard InChI is InChI=1S/C11H15FN2O3/c12-8-9(15)13-11(17)14(10(8)16)7-5-3-1-2-4-6-7/h7,16H,1-6H2,(H,13,15,17). The molecule has 1 aliphatic rings. The van der Waals surface area contributed by atoms with E-state index in [4.69, 9.17) is 0 Å². The molecule has 6 heteroatoms. The molecule has 0 saturated heterocycles. The number of aromatic hydroxyl groups is 1. The van der Waals surface area contributed by atoms with Gasteiger partial charge in [0.1, 0.15) is 0 Å². The zero-order chi connectivity index (χ0) is 12.4. The quantitative estimate of drug-likeness (QED) is 0.728. The van der Waals surface area contributed by atoms with Crippen LogP contribution in [0.5, 0.6) is 5.88 Å². The molecule has 2 rings (SSSR count). The Morgan fingerprint density at radius 1 is 1.18 bits per heavy atom. The van der Waals surface area contributed by atoms with E-state index in [1.165, 1.54) is 0 Å². The van der Waals surface area contributed by atoms with Crippen molar-refractivity contribution >= 4 is 0 Å². The topological polar surface area (TPSA) is 75.1 Å². The van der Waals surface area contributed by atoms with Gasteiger partial charge in [0.05, 0.1) is 0 Å². The maximum absolute atomic E-state index is 13.3. The molecule has 0 atom stereocenters. The third-order valence-corrected chi connectivity index (χ3v) is 3.25. The maximum Gasteiger partial charge on any atom is 0.331 e. The Labute approximate surface area is 96.9 Å². The van der Waals surface area contributed by atoms with Crippen LogP contribution >= 0.6 is 0 Å². The summed E-state index contributed by atoms with van der Waals surface area (Å²) >= 11 is 0. The van der Waals surface area contributed by atoms with E-state index in [0.29, 0.717) is 0 Å². The van der Waals surface area contributed by atoms with Crippen LogP contribution in [-0.4, -0.2) is 14.7 Å². The predicted octanol–water partition coefficient (Wildman–Crippen LogP) is 1.28. The number of H-pyrrole nitrogens is 1. The van der Waals surface area contributed by atoms with Gasteiger partial charge in [0.25, 0.3) is 5.56 Å². The van der Waals surface area contributed by atoms with Gasteiger partial charge in [0.2, 0.25) is 11.7 Å². The second-order valence-electron chi connectivity index (χ2n) is 4.41. The minimum absolute atomic E-state index is 0.226. The van der Waals surface area contributed by atoms with Crippen LogP contribution in [0.2, 0.25) is 0 Å². The summed E-state index contributed by atoms with van der Waals surface area (Å²) in [5.74, 6) is -2.13. The summed E-state index contributed by atoms with van der Waals surface area (Å²) in [5.41, 5.74) is -1.90. The van der Waals surface area contributed by atoms with E-state index in [0.717, 1.165) is 43.1 Å². The van der Waals surface area contributed by atoms with Crippen molar-refractivity contribution in [1.29, 1.82) is 0 Å². The Morgan fingerprint density at radius 2 is 1.76 bits per heavy atom. The number of hydrogen-bond donors (Lipinski definition) is 2. The molecule has 1 aromatic rings. The monoisotopic (exact) mass is 242 g/mol. The highest BCUT2D eigenvalue weighted by atomic mass is 19.1. The molecule has 5 nitrogen and oxygen atoms in total. The minimum Gasteiger partial charge on any atom is -0.492 e. The molecule has 1 aliphatic carbocycles. The zero-order valence-electron chi connectivity index (χ0n) is 9.41. The lowest BCUT2D eigenvalue weighted by Crippen LogP contribution is -2.34. The number of hydrogen-bond acceptors (Lipinski definition) is 3. The van der Waals surface area contributed by atoms with Gasteiger partial charge in [0, 0.05) is 6.04 Å². The number of halogens is 1. The summed E-state index contributed by atoms with van der Waals surface area (Å²) in [6, 6.07) is -0.226. The molecular formula is C11H15FN2O3. The first-order valence-corrected chi connectivity index (χ1v) is 5.84. The van der Waals surface area contributed by atoms with Crippen LogP contribution in [-0.2, 0) is 0 Å². The molecule has 2 N–H and O–H groups in total. The molecule has 0 bridgehead atoms. The third-order valence-electron chi connectivity index (χ3n) is 3.25. The van der Waals surface area contributed by atoms with E-state index in [2.05, 4.69) is 0 Å². The van der Waals surface area contributed by atoms with E-state index in [1.807, 2.05) is 4.98 Å². The summed E-state index contributed by atoms with van der Waals surface area (Å²) in [4.78, 5) is 24.4. The number of nitrogens with one attached hydrogen (secondary N) is 1. The lowest BCUT2D eigenvalue weighted by Gasteiger charge is -2.18. The van der Waals surface area contributed by atoms with E-state index in [1.54, 1.807) is 0 Å². The molecule has 0 spiro atoms. The van der Waals surface area contributed by atoms with Gasteiger partial charge in [-0.3, -0.25) is 14.3 Å². The molecule has 0 aliphatic heterocycles. The fraction of sp³-hybridized carbons (Fsp3) is 0.636. The Balaban J connectivity index is 2.47. The Bertz CT molecular complexity index is 512. The van der Waals surface area contributed by atoms with Crippen LogP contribution in [0.25, 0.3) is 0 Å². The van der Waals surface area contributed by atoms with Crippen molar-refractivity contribution in [3.8, 4) is 5.88 Å². The fourth-order valence-corrected chi connectivity index (χ4v) is 2.37. The molecule has 0 unspecified atom stereocenters.